The van der Waals surface area contributed by atoms with Crippen LogP contribution in [0.3, 0.4) is 0 Å². The third-order valence-electron chi connectivity index (χ3n) is 3.93. The van der Waals surface area contributed by atoms with Crippen LogP contribution >= 0.6 is 11.6 Å². The average molecular weight is 295 g/mol. The number of hydrogen-bond donors (Lipinski definition) is 1. The van der Waals surface area contributed by atoms with Gasteiger partial charge in [0, 0.05) is 17.5 Å². The monoisotopic (exact) mass is 294 g/mol. The molecule has 0 saturated heterocycles. The predicted octanol–water partition coefficient (Wildman–Crippen LogP) is 3.25. The van der Waals surface area contributed by atoms with Crippen LogP contribution in [0.2, 0.25) is 5.02 Å². The Balaban J connectivity index is 2.06. The number of nitrogens with zero attached hydrogens (tertiary/aromatic N) is 1. The van der Waals surface area contributed by atoms with Crippen LogP contribution in [0.1, 0.15) is 38.3 Å². The molecule has 4 heteroatoms. The Bertz CT molecular complexity index is 438. The fourth-order valence-corrected chi connectivity index (χ4v) is 2.62. The molecular formula is C16H23ClN2O. The van der Waals surface area contributed by atoms with Crippen LogP contribution in [0.4, 0.5) is 0 Å². The van der Waals surface area contributed by atoms with Crippen LogP contribution in [0.25, 0.3) is 0 Å². The summed E-state index contributed by atoms with van der Waals surface area (Å²) in [6.45, 7) is 6.88. The topological polar surface area (TPSA) is 32.3 Å². The summed E-state index contributed by atoms with van der Waals surface area (Å²) >= 11 is 5.96. The lowest BCUT2D eigenvalue weighted by Crippen LogP contribution is -2.38. The third kappa shape index (κ3) is 3.97. The van der Waals surface area contributed by atoms with E-state index in [9.17, 15) is 4.79 Å². The van der Waals surface area contributed by atoms with Gasteiger partial charge in [-0.2, -0.15) is 0 Å². The number of hydrogen-bond acceptors (Lipinski definition) is 2. The molecule has 2 rings (SSSR count). The number of likely N-dealkylation sites (N-methyl/N-ethyl adjacent to an activating group) is 1. The number of halogens is 1. The molecule has 1 aromatic carbocycles. The molecule has 0 aliphatic heterocycles. The minimum absolute atomic E-state index is 0.205. The number of amides is 1. The van der Waals surface area contributed by atoms with Crippen molar-refractivity contribution in [2.75, 3.05) is 19.6 Å². The second-order valence-corrected chi connectivity index (χ2v) is 5.74. The molecule has 1 aliphatic carbocycles. The standard InChI is InChI=1S/C16H23ClN2O/c1-3-19(4-2)15(11-18-16(20)13-5-6-13)12-7-9-14(17)10-8-12/h7-10,13,15H,3-6,11H2,1-2H3,(H,18,20). The highest BCUT2D eigenvalue weighted by atomic mass is 35.5. The Morgan fingerprint density at radius 1 is 1.30 bits per heavy atom. The van der Waals surface area contributed by atoms with Gasteiger partial charge in [-0.1, -0.05) is 37.6 Å². The molecule has 110 valence electrons. The molecule has 3 nitrogen and oxygen atoms in total. The van der Waals surface area contributed by atoms with E-state index in [1.54, 1.807) is 0 Å². The maximum absolute atomic E-state index is 11.8. The smallest absolute Gasteiger partial charge is 0.223 e. The molecule has 20 heavy (non-hydrogen) atoms. The molecule has 0 spiro atoms. The minimum atomic E-state index is 0.205. The van der Waals surface area contributed by atoms with E-state index in [2.05, 4.69) is 36.2 Å². The van der Waals surface area contributed by atoms with Crippen LogP contribution < -0.4 is 5.32 Å². The average Bonchev–Trinajstić information content (AvgIpc) is 3.29. The van der Waals surface area contributed by atoms with Gasteiger partial charge < -0.3 is 5.32 Å². The molecule has 1 unspecified atom stereocenters. The molecule has 1 aliphatic rings. The highest BCUT2D eigenvalue weighted by Crippen LogP contribution is 2.29. The van der Waals surface area contributed by atoms with E-state index in [4.69, 9.17) is 11.6 Å². The quantitative estimate of drug-likeness (QED) is 0.837. The van der Waals surface area contributed by atoms with Gasteiger partial charge in [0.15, 0.2) is 0 Å². The minimum Gasteiger partial charge on any atom is -0.354 e. The van der Waals surface area contributed by atoms with Crippen LogP contribution in [0.15, 0.2) is 24.3 Å². The first-order valence-electron chi connectivity index (χ1n) is 7.42. The Morgan fingerprint density at radius 2 is 1.90 bits per heavy atom. The van der Waals surface area contributed by atoms with Gasteiger partial charge in [-0.25, -0.2) is 0 Å². The van der Waals surface area contributed by atoms with E-state index in [-0.39, 0.29) is 17.9 Å². The van der Waals surface area contributed by atoms with E-state index in [1.165, 1.54) is 5.56 Å². The van der Waals surface area contributed by atoms with Crippen molar-refractivity contribution in [3.8, 4) is 0 Å². The molecule has 0 radical (unpaired) electrons. The molecule has 0 heterocycles. The Labute approximate surface area is 126 Å². The molecular weight excluding hydrogens is 272 g/mol. The Morgan fingerprint density at radius 3 is 2.40 bits per heavy atom. The largest absolute Gasteiger partial charge is 0.354 e. The summed E-state index contributed by atoms with van der Waals surface area (Å²) in [6, 6.07) is 8.14. The van der Waals surface area contributed by atoms with E-state index < -0.39 is 0 Å². The van der Waals surface area contributed by atoms with E-state index in [0.717, 1.165) is 31.0 Å². The van der Waals surface area contributed by atoms with Gasteiger partial charge in [-0.15, -0.1) is 0 Å². The molecule has 0 bridgehead atoms. The number of carbonyl (C=O) groups is 1. The van der Waals surface area contributed by atoms with Crippen LogP contribution in [0.5, 0.6) is 0 Å². The molecule has 1 amide bonds. The lowest BCUT2D eigenvalue weighted by molar-refractivity contribution is -0.122. The predicted molar refractivity (Wildman–Crippen MR) is 82.8 cm³/mol. The number of rotatable bonds is 7. The van der Waals surface area contributed by atoms with Crippen LogP contribution in [-0.2, 0) is 4.79 Å². The summed E-state index contributed by atoms with van der Waals surface area (Å²) in [5, 5.41) is 3.84. The van der Waals surface area contributed by atoms with Crippen molar-refractivity contribution in [2.45, 2.75) is 32.7 Å². The second-order valence-electron chi connectivity index (χ2n) is 5.31. The van der Waals surface area contributed by atoms with Gasteiger partial charge in [0.05, 0.1) is 6.04 Å². The normalized spacial score (nSPS) is 16.2. The maximum atomic E-state index is 11.8. The Hall–Kier alpha value is -1.06. The lowest BCUT2D eigenvalue weighted by Gasteiger charge is -2.30. The van der Waals surface area contributed by atoms with Crippen molar-refractivity contribution in [2.24, 2.45) is 5.92 Å². The molecule has 1 atom stereocenters. The fourth-order valence-electron chi connectivity index (χ4n) is 2.49. The van der Waals surface area contributed by atoms with Gasteiger partial charge in [0.2, 0.25) is 5.91 Å². The summed E-state index contributed by atoms with van der Waals surface area (Å²) in [5.41, 5.74) is 1.20. The lowest BCUT2D eigenvalue weighted by atomic mass is 10.0. The van der Waals surface area contributed by atoms with Gasteiger partial charge >= 0.3 is 0 Å². The molecule has 1 aromatic rings. The van der Waals surface area contributed by atoms with Crippen molar-refractivity contribution in [3.05, 3.63) is 34.9 Å². The summed E-state index contributed by atoms with van der Waals surface area (Å²) in [7, 11) is 0. The van der Waals surface area contributed by atoms with E-state index in [0.29, 0.717) is 6.54 Å². The summed E-state index contributed by atoms with van der Waals surface area (Å²) in [5.74, 6) is 0.466. The fraction of sp³-hybridized carbons (Fsp3) is 0.562. The summed E-state index contributed by atoms with van der Waals surface area (Å²) < 4.78 is 0. The van der Waals surface area contributed by atoms with E-state index >= 15 is 0 Å². The zero-order chi connectivity index (χ0) is 14.5. The summed E-state index contributed by atoms with van der Waals surface area (Å²) in [6.07, 6.45) is 2.09. The van der Waals surface area contributed by atoms with Gasteiger partial charge in [0.25, 0.3) is 0 Å². The van der Waals surface area contributed by atoms with E-state index in [1.807, 2.05) is 12.1 Å². The number of carbonyl (C=O) groups excluding carboxylic acids is 1. The van der Waals surface area contributed by atoms with Crippen molar-refractivity contribution in [1.82, 2.24) is 10.2 Å². The number of benzene rings is 1. The maximum Gasteiger partial charge on any atom is 0.223 e. The Kier molecular flexibility index (Phi) is 5.44. The van der Waals surface area contributed by atoms with Crippen molar-refractivity contribution >= 4 is 17.5 Å². The summed E-state index contributed by atoms with van der Waals surface area (Å²) in [4.78, 5) is 14.2. The molecule has 1 fully saturated rings. The highest BCUT2D eigenvalue weighted by molar-refractivity contribution is 6.30. The van der Waals surface area contributed by atoms with Gasteiger partial charge in [-0.3, -0.25) is 9.69 Å². The van der Waals surface area contributed by atoms with Crippen LogP contribution in [-0.4, -0.2) is 30.4 Å². The highest BCUT2D eigenvalue weighted by Gasteiger charge is 2.30. The van der Waals surface area contributed by atoms with Crippen LogP contribution in [0, 0.1) is 5.92 Å². The zero-order valence-electron chi connectivity index (χ0n) is 12.2. The first-order chi connectivity index (χ1) is 9.65. The molecule has 0 aromatic heterocycles. The third-order valence-corrected chi connectivity index (χ3v) is 4.18. The zero-order valence-corrected chi connectivity index (χ0v) is 13.0. The first-order valence-corrected chi connectivity index (χ1v) is 7.80. The second kappa shape index (κ2) is 7.09. The number of nitrogens with one attached hydrogen (secondary N) is 1. The van der Waals surface area contributed by atoms with Crippen molar-refractivity contribution in [1.29, 1.82) is 0 Å². The van der Waals surface area contributed by atoms with Gasteiger partial charge in [-0.05, 0) is 43.6 Å². The molecule has 1 saturated carbocycles. The van der Waals surface area contributed by atoms with Gasteiger partial charge in [0.1, 0.15) is 0 Å². The molecule has 1 N–H and O–H groups in total. The first kappa shape index (κ1) is 15.3. The van der Waals surface area contributed by atoms with Crippen molar-refractivity contribution in [3.63, 3.8) is 0 Å². The van der Waals surface area contributed by atoms with Crippen molar-refractivity contribution < 1.29 is 4.79 Å². The SMILES string of the molecule is CCN(CC)C(CNC(=O)C1CC1)c1ccc(Cl)cc1.